The first-order valence-corrected chi connectivity index (χ1v) is 7.81. The smallest absolute Gasteiger partial charge is 0.348 e. The second kappa shape index (κ2) is 5.03. The summed E-state index contributed by atoms with van der Waals surface area (Å²) in [4.78, 5) is 13.4. The molecule has 0 aliphatic rings. The first kappa shape index (κ1) is 13.6. The van der Waals surface area contributed by atoms with Crippen molar-refractivity contribution >= 4 is 50.3 Å². The van der Waals surface area contributed by atoms with E-state index in [1.807, 2.05) is 25.3 Å². The Morgan fingerprint density at radius 1 is 1.44 bits per heavy atom. The molecule has 0 amide bonds. The number of rotatable bonds is 3. The van der Waals surface area contributed by atoms with E-state index in [-0.39, 0.29) is 10.8 Å². The Morgan fingerprint density at radius 3 is 2.56 bits per heavy atom. The van der Waals surface area contributed by atoms with Crippen molar-refractivity contribution in [3.05, 3.63) is 26.4 Å². The molecule has 18 heavy (non-hydrogen) atoms. The highest BCUT2D eigenvalue weighted by molar-refractivity contribution is 9.10. The predicted molar refractivity (Wildman–Crippen MR) is 80.8 cm³/mol. The summed E-state index contributed by atoms with van der Waals surface area (Å²) >= 11 is 6.32. The lowest BCUT2D eigenvalue weighted by Gasteiger charge is -2.08. The monoisotopic (exact) mass is 345 g/mol. The first-order chi connectivity index (χ1) is 8.43. The van der Waals surface area contributed by atoms with Gasteiger partial charge < -0.3 is 10.8 Å². The molecule has 3 nitrogen and oxygen atoms in total. The van der Waals surface area contributed by atoms with Crippen molar-refractivity contribution in [2.45, 2.75) is 19.8 Å². The van der Waals surface area contributed by atoms with E-state index in [9.17, 15) is 9.90 Å². The van der Waals surface area contributed by atoms with Crippen LogP contribution >= 0.6 is 38.6 Å². The molecule has 0 unspecified atom stereocenters. The van der Waals surface area contributed by atoms with Crippen LogP contribution in [0.25, 0.3) is 9.75 Å². The van der Waals surface area contributed by atoms with E-state index in [2.05, 4.69) is 15.9 Å². The molecule has 2 aromatic rings. The van der Waals surface area contributed by atoms with E-state index in [0.29, 0.717) is 5.69 Å². The number of nitrogens with two attached hydrogens (primary N) is 1. The maximum Gasteiger partial charge on any atom is 0.348 e. The highest BCUT2D eigenvalue weighted by Crippen LogP contribution is 2.46. The fourth-order valence-corrected chi connectivity index (χ4v) is 4.91. The molecule has 0 spiro atoms. The van der Waals surface area contributed by atoms with Gasteiger partial charge in [-0.3, -0.25) is 0 Å². The number of halogens is 1. The van der Waals surface area contributed by atoms with Crippen molar-refractivity contribution in [1.82, 2.24) is 0 Å². The van der Waals surface area contributed by atoms with Crippen LogP contribution in [-0.4, -0.2) is 11.1 Å². The molecule has 2 aromatic heterocycles. The molecule has 6 heteroatoms. The normalized spacial score (nSPS) is 11.1. The number of aromatic carboxylic acids is 1. The number of hydrogen-bond acceptors (Lipinski definition) is 4. The molecule has 96 valence electrons. The molecule has 0 saturated heterocycles. The molecular weight excluding hydrogens is 334 g/mol. The van der Waals surface area contributed by atoms with E-state index in [4.69, 9.17) is 5.73 Å². The van der Waals surface area contributed by atoms with Crippen molar-refractivity contribution in [1.29, 1.82) is 0 Å². The van der Waals surface area contributed by atoms with E-state index >= 15 is 0 Å². The Balaban J connectivity index is 2.71. The highest BCUT2D eigenvalue weighted by Gasteiger charge is 2.24. The first-order valence-electron chi connectivity index (χ1n) is 5.32. The molecule has 0 radical (unpaired) electrons. The molecule has 0 atom stereocenters. The number of carboxylic acid groups (broad SMARTS) is 1. The molecule has 3 N–H and O–H groups in total. The Bertz CT molecular complexity index is 601. The van der Waals surface area contributed by atoms with Gasteiger partial charge in [0.05, 0.1) is 15.4 Å². The topological polar surface area (TPSA) is 63.3 Å². The Labute approximate surface area is 121 Å². The van der Waals surface area contributed by atoms with Gasteiger partial charge in [0, 0.05) is 4.47 Å². The fourth-order valence-electron chi connectivity index (χ4n) is 1.81. The summed E-state index contributed by atoms with van der Waals surface area (Å²) in [6.45, 7) is 4.05. The van der Waals surface area contributed by atoms with Gasteiger partial charge in [-0.15, -0.1) is 22.7 Å². The lowest BCUT2D eigenvalue weighted by molar-refractivity contribution is 0.0703. The van der Waals surface area contributed by atoms with E-state index in [0.717, 1.165) is 19.8 Å². The van der Waals surface area contributed by atoms with Crippen LogP contribution in [0.2, 0.25) is 0 Å². The predicted octanol–water partition coefficient (Wildman–Crippen LogP) is 4.64. The van der Waals surface area contributed by atoms with Crippen LogP contribution in [0, 0.1) is 0 Å². The summed E-state index contributed by atoms with van der Waals surface area (Å²) in [6, 6.07) is 1.96. The summed E-state index contributed by atoms with van der Waals surface area (Å²) in [5.41, 5.74) is 7.31. The highest BCUT2D eigenvalue weighted by atomic mass is 79.9. The van der Waals surface area contributed by atoms with Gasteiger partial charge in [-0.25, -0.2) is 4.79 Å². The number of carboxylic acids is 1. The molecule has 0 aliphatic heterocycles. The third-order valence-electron chi connectivity index (χ3n) is 2.58. The molecule has 0 fully saturated rings. The number of anilines is 1. The molecular formula is C12H12BrNO2S2. The van der Waals surface area contributed by atoms with E-state index in [1.54, 1.807) is 11.3 Å². The Kier molecular flexibility index (Phi) is 3.79. The molecule has 0 saturated carbocycles. The zero-order valence-electron chi connectivity index (χ0n) is 9.86. The van der Waals surface area contributed by atoms with Crippen molar-refractivity contribution in [2.75, 3.05) is 5.73 Å². The average Bonchev–Trinajstić information content (AvgIpc) is 2.81. The van der Waals surface area contributed by atoms with Gasteiger partial charge in [-0.2, -0.15) is 0 Å². The van der Waals surface area contributed by atoms with Crippen molar-refractivity contribution in [3.8, 4) is 9.75 Å². The standard InChI is InChI=1S/C12H12BrNO2S2/c1-5(2)7-8(14)11(12(15)16)18-10(7)9-6(13)3-4-17-9/h3-5H,14H2,1-2H3,(H,15,16). The minimum Gasteiger partial charge on any atom is -0.477 e. The molecule has 0 aliphatic carbocycles. The quantitative estimate of drug-likeness (QED) is 0.851. The maximum absolute atomic E-state index is 11.2. The molecule has 0 aromatic carbocycles. The summed E-state index contributed by atoms with van der Waals surface area (Å²) < 4.78 is 0.979. The largest absolute Gasteiger partial charge is 0.477 e. The summed E-state index contributed by atoms with van der Waals surface area (Å²) in [5, 5.41) is 11.1. The molecule has 2 heterocycles. The van der Waals surface area contributed by atoms with Gasteiger partial charge in [-0.1, -0.05) is 13.8 Å². The summed E-state index contributed by atoms with van der Waals surface area (Å²) in [6.07, 6.45) is 0. The van der Waals surface area contributed by atoms with Crippen LogP contribution in [0.5, 0.6) is 0 Å². The van der Waals surface area contributed by atoms with Crippen LogP contribution in [0.1, 0.15) is 35.0 Å². The van der Waals surface area contributed by atoms with Gasteiger partial charge in [0.1, 0.15) is 4.88 Å². The zero-order chi connectivity index (χ0) is 13.4. The fraction of sp³-hybridized carbons (Fsp3) is 0.250. The van der Waals surface area contributed by atoms with E-state index < -0.39 is 5.97 Å². The van der Waals surface area contributed by atoms with Crippen LogP contribution in [0.4, 0.5) is 5.69 Å². The van der Waals surface area contributed by atoms with Crippen LogP contribution in [0.3, 0.4) is 0 Å². The van der Waals surface area contributed by atoms with Crippen molar-refractivity contribution in [2.24, 2.45) is 0 Å². The maximum atomic E-state index is 11.2. The molecule has 0 bridgehead atoms. The zero-order valence-corrected chi connectivity index (χ0v) is 13.1. The van der Waals surface area contributed by atoms with Crippen molar-refractivity contribution in [3.63, 3.8) is 0 Å². The molecule has 2 rings (SSSR count). The van der Waals surface area contributed by atoms with Crippen LogP contribution < -0.4 is 5.73 Å². The van der Waals surface area contributed by atoms with E-state index in [1.165, 1.54) is 11.3 Å². The third kappa shape index (κ3) is 2.20. The minimum atomic E-state index is -0.960. The second-order valence-corrected chi connectivity index (χ2v) is 6.94. The van der Waals surface area contributed by atoms with Crippen molar-refractivity contribution < 1.29 is 9.90 Å². The minimum absolute atomic E-state index is 0.193. The number of hydrogen-bond donors (Lipinski definition) is 2. The van der Waals surface area contributed by atoms with Gasteiger partial charge >= 0.3 is 5.97 Å². The van der Waals surface area contributed by atoms with Gasteiger partial charge in [0.25, 0.3) is 0 Å². The number of nitrogen functional groups attached to an aromatic ring is 1. The lowest BCUT2D eigenvalue weighted by Crippen LogP contribution is -2.00. The van der Waals surface area contributed by atoms with Gasteiger partial charge in [0.2, 0.25) is 0 Å². The third-order valence-corrected chi connectivity index (χ3v) is 5.79. The number of carbonyl (C=O) groups is 1. The lowest BCUT2D eigenvalue weighted by atomic mass is 10.0. The van der Waals surface area contributed by atoms with Gasteiger partial charge in [0.15, 0.2) is 0 Å². The van der Waals surface area contributed by atoms with Crippen LogP contribution in [-0.2, 0) is 0 Å². The Morgan fingerprint density at radius 2 is 2.11 bits per heavy atom. The van der Waals surface area contributed by atoms with Gasteiger partial charge in [-0.05, 0) is 38.9 Å². The second-order valence-electron chi connectivity index (χ2n) is 4.15. The summed E-state index contributed by atoms with van der Waals surface area (Å²) in [7, 11) is 0. The Hall–Kier alpha value is -0.850. The average molecular weight is 346 g/mol. The van der Waals surface area contributed by atoms with Crippen LogP contribution in [0.15, 0.2) is 15.9 Å². The SMILES string of the molecule is CC(C)c1c(-c2sccc2Br)sc(C(=O)O)c1N. The number of thiophene rings is 2. The summed E-state index contributed by atoms with van der Waals surface area (Å²) in [5.74, 6) is -0.767.